The Hall–Kier alpha value is -2.30. The molecule has 1 aromatic carbocycles. The first-order valence-corrected chi connectivity index (χ1v) is 6.27. The molecular formula is C14H14N2O3. The molecule has 1 fully saturated rings. The number of likely N-dealkylation sites (tertiary alicyclic amines) is 1. The molecule has 2 heterocycles. The first kappa shape index (κ1) is 11.8. The molecular weight excluding hydrogens is 244 g/mol. The number of hydrogen-bond acceptors (Lipinski definition) is 3. The van der Waals surface area contributed by atoms with E-state index in [-0.39, 0.29) is 6.04 Å². The van der Waals surface area contributed by atoms with E-state index in [0.29, 0.717) is 18.0 Å². The van der Waals surface area contributed by atoms with Gasteiger partial charge in [0.15, 0.2) is 5.76 Å². The monoisotopic (exact) mass is 258 g/mol. The predicted octanol–water partition coefficient (Wildman–Crippen LogP) is 3.16. The lowest BCUT2D eigenvalue weighted by Gasteiger charge is -2.18. The van der Waals surface area contributed by atoms with E-state index in [1.165, 1.54) is 4.90 Å². The second-order valence-electron chi connectivity index (χ2n) is 4.62. The second kappa shape index (κ2) is 4.76. The van der Waals surface area contributed by atoms with Crippen LogP contribution in [0.4, 0.5) is 4.79 Å². The largest absolute Gasteiger partial charge is 0.465 e. The van der Waals surface area contributed by atoms with Crippen LogP contribution in [0.5, 0.6) is 0 Å². The van der Waals surface area contributed by atoms with Crippen molar-refractivity contribution in [2.24, 2.45) is 0 Å². The van der Waals surface area contributed by atoms with Crippen LogP contribution in [0.1, 0.15) is 24.6 Å². The third-order valence-corrected chi connectivity index (χ3v) is 3.43. The van der Waals surface area contributed by atoms with Gasteiger partial charge in [0.1, 0.15) is 5.69 Å². The number of amides is 1. The molecule has 0 bridgehead atoms. The molecule has 1 aliphatic heterocycles. The summed E-state index contributed by atoms with van der Waals surface area (Å²) in [5.41, 5.74) is 1.64. The van der Waals surface area contributed by atoms with Gasteiger partial charge in [-0.1, -0.05) is 35.5 Å². The Balaban J connectivity index is 1.87. The van der Waals surface area contributed by atoms with Gasteiger partial charge in [-0.15, -0.1) is 0 Å². The third kappa shape index (κ3) is 2.19. The lowest BCUT2D eigenvalue weighted by Crippen LogP contribution is -2.28. The summed E-state index contributed by atoms with van der Waals surface area (Å²) < 4.78 is 5.32. The fraction of sp³-hybridized carbons (Fsp3) is 0.286. The van der Waals surface area contributed by atoms with Crippen LogP contribution in [-0.4, -0.2) is 27.8 Å². The lowest BCUT2D eigenvalue weighted by molar-refractivity contribution is 0.138. The van der Waals surface area contributed by atoms with Gasteiger partial charge in [0.2, 0.25) is 0 Å². The Morgan fingerprint density at radius 1 is 1.37 bits per heavy atom. The highest BCUT2D eigenvalue weighted by Crippen LogP contribution is 2.33. The van der Waals surface area contributed by atoms with Gasteiger partial charge in [0.05, 0.1) is 6.04 Å². The van der Waals surface area contributed by atoms with E-state index in [0.717, 1.165) is 18.4 Å². The third-order valence-electron chi connectivity index (χ3n) is 3.43. The van der Waals surface area contributed by atoms with E-state index < -0.39 is 6.09 Å². The minimum atomic E-state index is -0.897. The Kier molecular flexibility index (Phi) is 2.95. The average molecular weight is 258 g/mol. The summed E-state index contributed by atoms with van der Waals surface area (Å²) in [6.45, 7) is 0.563. The van der Waals surface area contributed by atoms with Crippen LogP contribution in [-0.2, 0) is 0 Å². The van der Waals surface area contributed by atoms with E-state index >= 15 is 0 Å². The molecule has 0 unspecified atom stereocenters. The number of nitrogens with zero attached hydrogens (tertiary/aromatic N) is 2. The topological polar surface area (TPSA) is 66.6 Å². The summed E-state index contributed by atoms with van der Waals surface area (Å²) in [6, 6.07) is 11.3. The van der Waals surface area contributed by atoms with Crippen molar-refractivity contribution in [2.75, 3.05) is 6.54 Å². The number of carbonyl (C=O) groups is 1. The minimum Gasteiger partial charge on any atom is -0.465 e. The maximum atomic E-state index is 11.1. The predicted molar refractivity (Wildman–Crippen MR) is 68.6 cm³/mol. The maximum Gasteiger partial charge on any atom is 0.407 e. The number of carboxylic acid groups (broad SMARTS) is 1. The van der Waals surface area contributed by atoms with Crippen molar-refractivity contribution in [1.82, 2.24) is 10.1 Å². The Labute approximate surface area is 110 Å². The average Bonchev–Trinajstić information content (AvgIpc) is 3.08. The van der Waals surface area contributed by atoms with E-state index in [9.17, 15) is 4.79 Å². The van der Waals surface area contributed by atoms with E-state index in [2.05, 4.69) is 5.16 Å². The highest BCUT2D eigenvalue weighted by molar-refractivity contribution is 5.66. The zero-order chi connectivity index (χ0) is 13.2. The van der Waals surface area contributed by atoms with Crippen LogP contribution in [0.3, 0.4) is 0 Å². The van der Waals surface area contributed by atoms with Crippen molar-refractivity contribution in [3.8, 4) is 11.3 Å². The van der Waals surface area contributed by atoms with Crippen molar-refractivity contribution in [1.29, 1.82) is 0 Å². The summed E-state index contributed by atoms with van der Waals surface area (Å²) in [5, 5.41) is 13.2. The van der Waals surface area contributed by atoms with Crippen LogP contribution in [0.25, 0.3) is 11.3 Å². The molecule has 19 heavy (non-hydrogen) atoms. The minimum absolute atomic E-state index is 0.182. The molecule has 1 saturated heterocycles. The molecule has 0 saturated carbocycles. The Morgan fingerprint density at radius 3 is 2.89 bits per heavy atom. The zero-order valence-electron chi connectivity index (χ0n) is 10.3. The molecule has 1 amide bonds. The molecule has 0 aliphatic carbocycles. The number of rotatable bonds is 2. The molecule has 5 heteroatoms. The lowest BCUT2D eigenvalue weighted by atomic mass is 10.1. The Bertz CT molecular complexity index is 579. The fourth-order valence-corrected chi connectivity index (χ4v) is 2.49. The van der Waals surface area contributed by atoms with Crippen LogP contribution in [0, 0.1) is 0 Å². The van der Waals surface area contributed by atoms with E-state index in [4.69, 9.17) is 9.63 Å². The maximum absolute atomic E-state index is 11.1. The van der Waals surface area contributed by atoms with Crippen LogP contribution < -0.4 is 0 Å². The van der Waals surface area contributed by atoms with Crippen LogP contribution >= 0.6 is 0 Å². The number of aromatic nitrogens is 1. The van der Waals surface area contributed by atoms with E-state index in [1.54, 1.807) is 0 Å². The van der Waals surface area contributed by atoms with Crippen molar-refractivity contribution in [2.45, 2.75) is 18.9 Å². The molecule has 3 rings (SSSR count). The SMILES string of the molecule is O=C(O)N1CCC[C@@H]1c1cc(-c2ccccc2)on1. The van der Waals surface area contributed by atoms with Crippen molar-refractivity contribution < 1.29 is 14.4 Å². The summed E-state index contributed by atoms with van der Waals surface area (Å²) in [4.78, 5) is 12.6. The van der Waals surface area contributed by atoms with E-state index in [1.807, 2.05) is 36.4 Å². The molecule has 5 nitrogen and oxygen atoms in total. The summed E-state index contributed by atoms with van der Waals surface area (Å²) in [5.74, 6) is 0.674. The van der Waals surface area contributed by atoms with Crippen LogP contribution in [0.2, 0.25) is 0 Å². The summed E-state index contributed by atoms with van der Waals surface area (Å²) >= 11 is 0. The Morgan fingerprint density at radius 2 is 2.16 bits per heavy atom. The quantitative estimate of drug-likeness (QED) is 0.898. The molecule has 0 spiro atoms. The standard InChI is InChI=1S/C14H14N2O3/c17-14(18)16-8-4-7-12(16)11-9-13(19-15-11)10-5-2-1-3-6-10/h1-3,5-6,9,12H,4,7-8H2,(H,17,18)/t12-/m1/s1. The van der Waals surface area contributed by atoms with Gasteiger partial charge in [-0.05, 0) is 12.8 Å². The summed E-state index contributed by atoms with van der Waals surface area (Å²) in [7, 11) is 0. The second-order valence-corrected chi connectivity index (χ2v) is 4.62. The first-order valence-electron chi connectivity index (χ1n) is 6.27. The molecule has 1 aliphatic rings. The highest BCUT2D eigenvalue weighted by Gasteiger charge is 2.32. The molecule has 0 radical (unpaired) electrons. The zero-order valence-corrected chi connectivity index (χ0v) is 10.3. The number of hydrogen-bond donors (Lipinski definition) is 1. The molecule has 1 aromatic heterocycles. The molecule has 2 aromatic rings. The van der Waals surface area contributed by atoms with Crippen LogP contribution in [0.15, 0.2) is 40.9 Å². The summed E-state index contributed by atoms with van der Waals surface area (Å²) in [6.07, 6.45) is 0.768. The van der Waals surface area contributed by atoms with Gasteiger partial charge in [0.25, 0.3) is 0 Å². The molecule has 1 atom stereocenters. The van der Waals surface area contributed by atoms with Gasteiger partial charge >= 0.3 is 6.09 Å². The highest BCUT2D eigenvalue weighted by atomic mass is 16.5. The van der Waals surface area contributed by atoms with Crippen molar-refractivity contribution in [3.63, 3.8) is 0 Å². The van der Waals surface area contributed by atoms with Gasteiger partial charge in [-0.3, -0.25) is 4.90 Å². The normalized spacial score (nSPS) is 18.7. The van der Waals surface area contributed by atoms with Gasteiger partial charge in [-0.2, -0.15) is 0 Å². The van der Waals surface area contributed by atoms with Crippen molar-refractivity contribution in [3.05, 3.63) is 42.1 Å². The fourth-order valence-electron chi connectivity index (χ4n) is 2.49. The van der Waals surface area contributed by atoms with Crippen molar-refractivity contribution >= 4 is 6.09 Å². The van der Waals surface area contributed by atoms with Gasteiger partial charge in [-0.25, -0.2) is 4.79 Å². The molecule has 1 N–H and O–H groups in total. The number of benzene rings is 1. The smallest absolute Gasteiger partial charge is 0.407 e. The van der Waals surface area contributed by atoms with Gasteiger partial charge < -0.3 is 9.63 Å². The molecule has 98 valence electrons. The van der Waals surface area contributed by atoms with Gasteiger partial charge in [0, 0.05) is 18.2 Å². The first-order chi connectivity index (χ1) is 9.25.